The van der Waals surface area contributed by atoms with Gasteiger partial charge in [0.25, 0.3) is 0 Å². The molecule has 2 aromatic carbocycles. The Bertz CT molecular complexity index is 1900. The van der Waals surface area contributed by atoms with Crippen LogP contribution in [0.5, 0.6) is 5.75 Å². The molecule has 13 nitrogen and oxygen atoms in total. The van der Waals surface area contributed by atoms with Crippen LogP contribution in [0.3, 0.4) is 0 Å². The van der Waals surface area contributed by atoms with Gasteiger partial charge in [-0.2, -0.15) is 0 Å². The number of nitrogens with one attached hydrogen (secondary N) is 3. The fraction of sp³-hybridized carbons (Fsp3) is 0.600. The summed E-state index contributed by atoms with van der Waals surface area (Å²) in [6.45, 7) is 15.6. The molecule has 1 unspecified atom stereocenters. The zero-order chi connectivity index (χ0) is 45.1. The average molecular weight is 890 g/mol. The van der Waals surface area contributed by atoms with E-state index in [2.05, 4.69) is 52.1 Å². The molecule has 1 aliphatic heterocycles. The number of rotatable bonds is 20. The zero-order valence-corrected chi connectivity index (χ0v) is 38.4. The zero-order valence-electron chi connectivity index (χ0n) is 36.9. The third-order valence-corrected chi connectivity index (χ3v) is 11.8. The van der Waals surface area contributed by atoms with Crippen LogP contribution in [-0.4, -0.2) is 93.8 Å². The maximum atomic E-state index is 15.6. The summed E-state index contributed by atoms with van der Waals surface area (Å²) >= 11 is 7.96. The highest BCUT2D eigenvalue weighted by molar-refractivity contribution is 7.13. The molecule has 2 heterocycles. The van der Waals surface area contributed by atoms with Crippen LogP contribution in [0, 0.1) is 18.2 Å². The standard InChI is InChI=1S/C45H66ClFN6O7S/c1-27(29-14-16-30(17-15-29)40-28(2)50-26-61-40)49-23-34-22-35(54)24-53(34)42(57)41(44(3,4)5)52-38(56)13-11-9-10-12-31-20-32(46)21-36(39(31)47)59-25-33(18-19-37(48)55)51-43(58)60-45(6,7)8/h14-17,20-21,26-27,33-35,37,41,49,54-55H,9-13,18-19,22-25,48H2,1-8H3,(H,51,58)(H,52,56)/t27-,33-,34-,35+,37?,41+/m0/s1. The second-order valence-corrected chi connectivity index (χ2v) is 19.4. The number of carbonyl (C=O) groups excluding carboxylic acids is 3. The van der Waals surface area contributed by atoms with E-state index >= 15 is 4.39 Å². The van der Waals surface area contributed by atoms with Crippen LogP contribution in [-0.2, 0) is 20.7 Å². The van der Waals surface area contributed by atoms with Crippen LogP contribution < -0.4 is 26.4 Å². The number of thiazole rings is 1. The fourth-order valence-electron chi connectivity index (χ4n) is 7.25. The molecule has 4 rings (SSSR count). The largest absolute Gasteiger partial charge is 0.488 e. The van der Waals surface area contributed by atoms with E-state index in [0.29, 0.717) is 44.2 Å². The molecular formula is C45H66ClFN6O7S. The van der Waals surface area contributed by atoms with Gasteiger partial charge >= 0.3 is 6.09 Å². The second kappa shape index (κ2) is 22.5. The van der Waals surface area contributed by atoms with Gasteiger partial charge in [-0.25, -0.2) is 14.2 Å². The van der Waals surface area contributed by atoms with Crippen LogP contribution >= 0.6 is 22.9 Å². The van der Waals surface area contributed by atoms with Crippen molar-refractivity contribution >= 4 is 40.8 Å². The van der Waals surface area contributed by atoms with Gasteiger partial charge in [-0.15, -0.1) is 11.3 Å². The monoisotopic (exact) mass is 888 g/mol. The highest BCUT2D eigenvalue weighted by Crippen LogP contribution is 2.31. The molecule has 6 atom stereocenters. The normalized spacial score (nSPS) is 17.7. The van der Waals surface area contributed by atoms with Crippen LogP contribution in [0.25, 0.3) is 10.4 Å². The van der Waals surface area contributed by atoms with Gasteiger partial charge in [0.1, 0.15) is 24.5 Å². The van der Waals surface area contributed by atoms with Crippen molar-refractivity contribution in [3.63, 3.8) is 0 Å². The first-order chi connectivity index (χ1) is 28.6. The number of amides is 3. The van der Waals surface area contributed by atoms with Crippen LogP contribution in [0.1, 0.15) is 116 Å². The van der Waals surface area contributed by atoms with E-state index in [9.17, 15) is 24.6 Å². The van der Waals surface area contributed by atoms with Crippen LogP contribution in [0.15, 0.2) is 41.9 Å². The van der Waals surface area contributed by atoms with E-state index in [1.54, 1.807) is 43.1 Å². The van der Waals surface area contributed by atoms with Gasteiger partial charge < -0.3 is 46.3 Å². The Morgan fingerprint density at radius 2 is 1.77 bits per heavy atom. The van der Waals surface area contributed by atoms with E-state index in [4.69, 9.17) is 26.8 Å². The number of nitrogens with two attached hydrogens (primary N) is 1. The van der Waals surface area contributed by atoms with Gasteiger partial charge in [-0.3, -0.25) is 9.59 Å². The molecule has 0 spiro atoms. The van der Waals surface area contributed by atoms with E-state index in [1.165, 1.54) is 6.07 Å². The van der Waals surface area contributed by atoms with Crippen molar-refractivity contribution in [2.24, 2.45) is 11.1 Å². The molecule has 16 heteroatoms. The Hall–Kier alpha value is -3.86. The minimum atomic E-state index is -1.10. The highest BCUT2D eigenvalue weighted by atomic mass is 35.5. The maximum Gasteiger partial charge on any atom is 0.407 e. The van der Waals surface area contributed by atoms with Crippen molar-refractivity contribution in [3.8, 4) is 16.2 Å². The summed E-state index contributed by atoms with van der Waals surface area (Å²) in [7, 11) is 0. The number of nitrogens with zero attached hydrogens (tertiary/aromatic N) is 2. The summed E-state index contributed by atoms with van der Waals surface area (Å²) in [6, 6.07) is 9.62. The third-order valence-electron chi connectivity index (χ3n) is 10.6. The van der Waals surface area contributed by atoms with Gasteiger partial charge in [-0.1, -0.05) is 63.1 Å². The second-order valence-electron chi connectivity index (χ2n) is 18.2. The number of halogens is 2. The lowest BCUT2D eigenvalue weighted by atomic mass is 9.85. The Morgan fingerprint density at radius 3 is 2.39 bits per heavy atom. The van der Waals surface area contributed by atoms with Gasteiger partial charge in [-0.05, 0) is 101 Å². The lowest BCUT2D eigenvalue weighted by molar-refractivity contribution is -0.140. The number of alkyl carbamates (subject to hydrolysis) is 1. The molecule has 338 valence electrons. The molecule has 0 bridgehead atoms. The summed E-state index contributed by atoms with van der Waals surface area (Å²) < 4.78 is 26.7. The van der Waals surface area contributed by atoms with Crippen LogP contribution in [0.2, 0.25) is 5.02 Å². The number of aromatic nitrogens is 1. The van der Waals surface area contributed by atoms with E-state index < -0.39 is 47.3 Å². The molecule has 1 aromatic heterocycles. The summed E-state index contributed by atoms with van der Waals surface area (Å²) in [5, 5.41) is 29.8. The number of carbonyl (C=O) groups is 3. The Balaban J connectivity index is 1.27. The number of hydrogen-bond donors (Lipinski definition) is 6. The molecule has 3 aromatic rings. The number of aliphatic hydroxyl groups is 2. The smallest absolute Gasteiger partial charge is 0.407 e. The average Bonchev–Trinajstić information content (AvgIpc) is 3.78. The highest BCUT2D eigenvalue weighted by Gasteiger charge is 2.42. The summed E-state index contributed by atoms with van der Waals surface area (Å²) in [5.74, 6) is -1.13. The topological polar surface area (TPSA) is 188 Å². The van der Waals surface area contributed by atoms with Gasteiger partial charge in [0.15, 0.2) is 11.6 Å². The van der Waals surface area contributed by atoms with Crippen molar-refractivity contribution in [3.05, 3.63) is 69.6 Å². The van der Waals surface area contributed by atoms with Crippen LogP contribution in [0.4, 0.5) is 9.18 Å². The van der Waals surface area contributed by atoms with E-state index in [1.807, 2.05) is 33.2 Å². The quantitative estimate of drug-likeness (QED) is 0.0501. The van der Waals surface area contributed by atoms with Crippen molar-refractivity contribution < 1.29 is 38.5 Å². The lowest BCUT2D eigenvalue weighted by Gasteiger charge is -2.36. The molecule has 61 heavy (non-hydrogen) atoms. The van der Waals surface area contributed by atoms with Crippen molar-refractivity contribution in [1.82, 2.24) is 25.8 Å². The number of benzene rings is 2. The minimum absolute atomic E-state index is 0.00545. The molecule has 1 fully saturated rings. The van der Waals surface area contributed by atoms with Gasteiger partial charge in [0, 0.05) is 42.7 Å². The van der Waals surface area contributed by atoms with E-state index in [-0.39, 0.29) is 67.1 Å². The number of ether oxygens (including phenoxy) is 2. The first-order valence-corrected chi connectivity index (χ1v) is 22.4. The predicted octanol–water partition coefficient (Wildman–Crippen LogP) is 7.19. The molecule has 0 saturated carbocycles. The number of aryl methyl sites for hydroxylation is 2. The number of unbranched alkanes of at least 4 members (excludes halogenated alkanes) is 2. The Labute approximate surface area is 369 Å². The number of aliphatic hydroxyl groups excluding tert-OH is 2. The number of β-amino-alcohol motifs (C(OH)–C–C–N with tert-alkyl or cyclic N) is 1. The third kappa shape index (κ3) is 15.8. The molecule has 7 N–H and O–H groups in total. The van der Waals surface area contributed by atoms with Crippen molar-refractivity contribution in [2.75, 3.05) is 19.7 Å². The maximum absolute atomic E-state index is 15.6. The molecule has 1 saturated heterocycles. The lowest BCUT2D eigenvalue weighted by Crippen LogP contribution is -2.56. The van der Waals surface area contributed by atoms with Crippen molar-refractivity contribution in [2.45, 2.75) is 149 Å². The van der Waals surface area contributed by atoms with Gasteiger partial charge in [0.05, 0.1) is 28.2 Å². The molecule has 3 amide bonds. The van der Waals surface area contributed by atoms with E-state index in [0.717, 1.165) is 21.7 Å². The number of likely N-dealkylation sites (tertiary alicyclic amines) is 1. The Morgan fingerprint density at radius 1 is 1.07 bits per heavy atom. The first-order valence-electron chi connectivity index (χ1n) is 21.2. The fourth-order valence-corrected chi connectivity index (χ4v) is 8.30. The van der Waals surface area contributed by atoms with Gasteiger partial charge in [0.2, 0.25) is 11.8 Å². The molecule has 0 radical (unpaired) electrons. The molecule has 0 aliphatic carbocycles. The SMILES string of the molecule is Cc1ncsc1-c1ccc([C@H](C)NC[C@@H]2C[C@@H](O)CN2C(=O)[C@@H](NC(=O)CCCCCc2cc(Cl)cc(OC[C@H](CCC(N)O)NC(=O)OC(C)(C)C)c2F)C(C)(C)C)cc1. The van der Waals surface area contributed by atoms with Crippen molar-refractivity contribution in [1.29, 1.82) is 0 Å². The molecule has 1 aliphatic rings. The summed E-state index contributed by atoms with van der Waals surface area (Å²) in [6.07, 6.45) is 0.660. The summed E-state index contributed by atoms with van der Waals surface area (Å²) in [5.41, 5.74) is 9.61. The number of hydrogen-bond acceptors (Lipinski definition) is 11. The predicted molar refractivity (Wildman–Crippen MR) is 238 cm³/mol. The summed E-state index contributed by atoms with van der Waals surface area (Å²) in [4.78, 5) is 47.0. The first kappa shape index (κ1) is 49.8. The minimum Gasteiger partial charge on any atom is -0.488 e. The molecular weight excluding hydrogens is 823 g/mol. The Kier molecular flexibility index (Phi) is 18.3.